The standard InChI is InChI=1S/C12H10ClN3O5/c1-19-10-14-11(20-2)16-12(15-10)21-8-4-3-6(9(17)18)5-7(8)13/h3-5H,1-2H3,(H,17,18). The molecular weight excluding hydrogens is 302 g/mol. The van der Waals surface area contributed by atoms with Gasteiger partial charge in [-0.05, 0) is 18.2 Å². The largest absolute Gasteiger partial charge is 0.478 e. The number of carboxylic acid groups (broad SMARTS) is 1. The summed E-state index contributed by atoms with van der Waals surface area (Å²) in [5, 5.41) is 8.97. The average molecular weight is 312 g/mol. The van der Waals surface area contributed by atoms with Crippen LogP contribution in [0.3, 0.4) is 0 Å². The van der Waals surface area contributed by atoms with Crippen molar-refractivity contribution in [1.82, 2.24) is 15.0 Å². The fraction of sp³-hybridized carbons (Fsp3) is 0.167. The summed E-state index contributed by atoms with van der Waals surface area (Å²) in [6, 6.07) is 3.93. The lowest BCUT2D eigenvalue weighted by molar-refractivity contribution is 0.0697. The van der Waals surface area contributed by atoms with E-state index in [0.29, 0.717) is 0 Å². The second-order valence-corrected chi connectivity index (χ2v) is 4.05. The van der Waals surface area contributed by atoms with Crippen molar-refractivity contribution in [1.29, 1.82) is 0 Å². The van der Waals surface area contributed by atoms with Gasteiger partial charge in [-0.1, -0.05) is 11.6 Å². The third-order valence-corrected chi connectivity index (χ3v) is 2.61. The number of carboxylic acids is 1. The number of carbonyl (C=O) groups is 1. The molecule has 0 spiro atoms. The van der Waals surface area contributed by atoms with Gasteiger partial charge in [0.05, 0.1) is 24.8 Å². The van der Waals surface area contributed by atoms with Gasteiger partial charge in [0, 0.05) is 0 Å². The first-order chi connectivity index (χ1) is 10.0. The van der Waals surface area contributed by atoms with Crippen molar-refractivity contribution in [2.75, 3.05) is 14.2 Å². The molecule has 2 rings (SSSR count). The molecule has 1 aromatic carbocycles. The van der Waals surface area contributed by atoms with Crippen LogP contribution in [-0.2, 0) is 0 Å². The predicted molar refractivity (Wildman–Crippen MR) is 71.4 cm³/mol. The van der Waals surface area contributed by atoms with Gasteiger partial charge in [0.25, 0.3) is 0 Å². The number of nitrogens with zero attached hydrogens (tertiary/aromatic N) is 3. The molecule has 0 atom stereocenters. The van der Waals surface area contributed by atoms with E-state index in [9.17, 15) is 4.79 Å². The van der Waals surface area contributed by atoms with Crippen LogP contribution in [0.25, 0.3) is 0 Å². The van der Waals surface area contributed by atoms with E-state index in [1.54, 1.807) is 0 Å². The third-order valence-electron chi connectivity index (χ3n) is 2.32. The van der Waals surface area contributed by atoms with Crippen LogP contribution in [0.2, 0.25) is 5.02 Å². The summed E-state index contributed by atoms with van der Waals surface area (Å²) in [5.41, 5.74) is 0.0400. The monoisotopic (exact) mass is 311 g/mol. The first kappa shape index (κ1) is 14.8. The number of halogens is 1. The Morgan fingerprint density at radius 3 is 2.14 bits per heavy atom. The Balaban J connectivity index is 2.31. The molecule has 1 N–H and O–H groups in total. The second kappa shape index (κ2) is 6.23. The maximum absolute atomic E-state index is 10.8. The Morgan fingerprint density at radius 1 is 1.10 bits per heavy atom. The van der Waals surface area contributed by atoms with Gasteiger partial charge in [-0.25, -0.2) is 4.79 Å². The first-order valence-corrected chi connectivity index (χ1v) is 5.96. The van der Waals surface area contributed by atoms with Crippen LogP contribution in [0.4, 0.5) is 0 Å². The minimum atomic E-state index is -1.09. The van der Waals surface area contributed by atoms with E-state index in [-0.39, 0.29) is 34.4 Å². The van der Waals surface area contributed by atoms with E-state index >= 15 is 0 Å². The van der Waals surface area contributed by atoms with E-state index in [0.717, 1.165) is 0 Å². The van der Waals surface area contributed by atoms with Crippen LogP contribution in [-0.4, -0.2) is 40.2 Å². The first-order valence-electron chi connectivity index (χ1n) is 5.58. The zero-order chi connectivity index (χ0) is 15.4. The van der Waals surface area contributed by atoms with Crippen LogP contribution in [0, 0.1) is 0 Å². The molecule has 9 heteroatoms. The van der Waals surface area contributed by atoms with E-state index in [1.807, 2.05) is 0 Å². The molecule has 0 bridgehead atoms. The fourth-order valence-electron chi connectivity index (χ4n) is 1.36. The highest BCUT2D eigenvalue weighted by atomic mass is 35.5. The van der Waals surface area contributed by atoms with E-state index in [1.165, 1.54) is 32.4 Å². The number of rotatable bonds is 5. The summed E-state index contributed by atoms with van der Waals surface area (Å²) in [7, 11) is 2.76. The van der Waals surface area contributed by atoms with Crippen LogP contribution in [0.1, 0.15) is 10.4 Å². The molecule has 1 heterocycles. The highest BCUT2D eigenvalue weighted by Gasteiger charge is 2.13. The number of methoxy groups -OCH3 is 2. The van der Waals surface area contributed by atoms with Crippen LogP contribution in [0.15, 0.2) is 18.2 Å². The zero-order valence-electron chi connectivity index (χ0n) is 11.0. The summed E-state index contributed by atoms with van der Waals surface area (Å²) >= 11 is 5.95. The molecule has 0 aliphatic rings. The number of aromatic carboxylic acids is 1. The molecule has 0 unspecified atom stereocenters. The lowest BCUT2D eigenvalue weighted by atomic mass is 10.2. The third kappa shape index (κ3) is 3.48. The maximum Gasteiger partial charge on any atom is 0.335 e. The smallest absolute Gasteiger partial charge is 0.335 e. The minimum absolute atomic E-state index is 0.00938. The van der Waals surface area contributed by atoms with Gasteiger partial charge in [0.15, 0.2) is 0 Å². The van der Waals surface area contributed by atoms with Gasteiger partial charge >= 0.3 is 24.0 Å². The van der Waals surface area contributed by atoms with Gasteiger partial charge in [-0.3, -0.25) is 0 Å². The highest BCUT2D eigenvalue weighted by molar-refractivity contribution is 6.32. The van der Waals surface area contributed by atoms with Gasteiger partial charge in [-0.2, -0.15) is 0 Å². The zero-order valence-corrected chi connectivity index (χ0v) is 11.8. The molecule has 1 aromatic heterocycles. The molecule has 0 radical (unpaired) electrons. The van der Waals surface area contributed by atoms with Gasteiger partial charge < -0.3 is 19.3 Å². The summed E-state index contributed by atoms with van der Waals surface area (Å²) in [5.74, 6) is -0.899. The Bertz CT molecular complexity index is 658. The van der Waals surface area contributed by atoms with Crippen LogP contribution < -0.4 is 14.2 Å². The number of ether oxygens (including phenoxy) is 3. The van der Waals surface area contributed by atoms with Crippen molar-refractivity contribution in [2.45, 2.75) is 0 Å². The molecule has 0 saturated carbocycles. The molecule has 8 nitrogen and oxygen atoms in total. The van der Waals surface area contributed by atoms with E-state index in [4.69, 9.17) is 30.9 Å². The van der Waals surface area contributed by atoms with Crippen molar-refractivity contribution in [2.24, 2.45) is 0 Å². The van der Waals surface area contributed by atoms with Crippen molar-refractivity contribution < 1.29 is 24.1 Å². The van der Waals surface area contributed by atoms with Crippen LogP contribution in [0.5, 0.6) is 23.8 Å². The highest BCUT2D eigenvalue weighted by Crippen LogP contribution is 2.29. The molecule has 110 valence electrons. The van der Waals surface area contributed by atoms with Gasteiger partial charge in [-0.15, -0.1) is 15.0 Å². The Kier molecular flexibility index (Phi) is 4.39. The second-order valence-electron chi connectivity index (χ2n) is 3.64. The van der Waals surface area contributed by atoms with Gasteiger partial charge in [0.1, 0.15) is 5.75 Å². The Hall–Kier alpha value is -2.61. The molecule has 0 amide bonds. The summed E-state index contributed by atoms with van der Waals surface area (Å²) < 4.78 is 15.1. The predicted octanol–water partition coefficient (Wildman–Crippen LogP) is 2.03. The van der Waals surface area contributed by atoms with E-state index < -0.39 is 5.97 Å². The maximum atomic E-state index is 10.8. The topological polar surface area (TPSA) is 104 Å². The van der Waals surface area contributed by atoms with E-state index in [2.05, 4.69) is 15.0 Å². The average Bonchev–Trinajstić information content (AvgIpc) is 2.48. The number of hydrogen-bond acceptors (Lipinski definition) is 7. The molecule has 0 saturated heterocycles. The molecule has 0 aliphatic heterocycles. The van der Waals surface area contributed by atoms with Crippen molar-refractivity contribution in [3.05, 3.63) is 28.8 Å². The fourth-order valence-corrected chi connectivity index (χ4v) is 1.58. The Morgan fingerprint density at radius 2 is 1.67 bits per heavy atom. The molecule has 0 fully saturated rings. The number of hydrogen-bond donors (Lipinski definition) is 1. The molecule has 21 heavy (non-hydrogen) atoms. The lowest BCUT2D eigenvalue weighted by Gasteiger charge is -2.08. The molecular formula is C12H10ClN3O5. The normalized spacial score (nSPS) is 10.0. The van der Waals surface area contributed by atoms with Crippen LogP contribution >= 0.6 is 11.6 Å². The Labute approximate surface area is 124 Å². The lowest BCUT2D eigenvalue weighted by Crippen LogP contribution is -2.02. The van der Waals surface area contributed by atoms with Gasteiger partial charge in [0.2, 0.25) is 0 Å². The van der Waals surface area contributed by atoms with Crippen molar-refractivity contribution in [3.8, 4) is 23.8 Å². The van der Waals surface area contributed by atoms with Crippen molar-refractivity contribution >= 4 is 17.6 Å². The number of aromatic nitrogens is 3. The molecule has 0 aliphatic carbocycles. The van der Waals surface area contributed by atoms with Crippen molar-refractivity contribution in [3.63, 3.8) is 0 Å². The summed E-state index contributed by atoms with van der Waals surface area (Å²) in [6.07, 6.45) is 0. The molecule has 2 aromatic rings. The SMILES string of the molecule is COc1nc(OC)nc(Oc2ccc(C(=O)O)cc2Cl)n1. The minimum Gasteiger partial charge on any atom is -0.478 e. The number of benzene rings is 1. The quantitative estimate of drug-likeness (QED) is 0.894. The summed E-state index contributed by atoms with van der Waals surface area (Å²) in [6.45, 7) is 0. The summed E-state index contributed by atoms with van der Waals surface area (Å²) in [4.78, 5) is 22.4.